The second-order valence-electron chi connectivity index (χ2n) is 10.4. The van der Waals surface area contributed by atoms with Crippen molar-refractivity contribution in [3.8, 4) is 12.3 Å². The summed E-state index contributed by atoms with van der Waals surface area (Å²) in [6.45, 7) is 16.0. The summed E-state index contributed by atoms with van der Waals surface area (Å²) in [6, 6.07) is 0. The molecule has 6 nitrogen and oxygen atoms in total. The Morgan fingerprint density at radius 3 is 2.24 bits per heavy atom. The molecule has 1 fully saturated rings. The quantitative estimate of drug-likeness (QED) is 0.221. The average Bonchev–Trinajstić information content (AvgIpc) is 3.49. The third-order valence-electron chi connectivity index (χ3n) is 7.13. The van der Waals surface area contributed by atoms with E-state index in [1.165, 1.54) is 0 Å². The highest BCUT2D eigenvalue weighted by Gasteiger charge is 2.53. The number of hydrogen-bond donors (Lipinski definition) is 0. The van der Waals surface area contributed by atoms with Gasteiger partial charge in [-0.3, -0.25) is 9.59 Å². The predicted molar refractivity (Wildman–Crippen MR) is 136 cm³/mol. The van der Waals surface area contributed by atoms with E-state index in [4.69, 9.17) is 20.6 Å². The van der Waals surface area contributed by atoms with Crippen molar-refractivity contribution in [1.82, 2.24) is 4.90 Å². The minimum absolute atomic E-state index is 0.0800. The van der Waals surface area contributed by atoms with Crippen molar-refractivity contribution in [2.75, 3.05) is 33.4 Å². The van der Waals surface area contributed by atoms with Gasteiger partial charge in [-0.2, -0.15) is 0 Å². The Balaban J connectivity index is 2.85. The number of carbonyl (C=O) groups excluding carboxylic acids is 2. The summed E-state index contributed by atoms with van der Waals surface area (Å²) in [7, 11) is 1.67. The lowest BCUT2D eigenvalue weighted by Gasteiger charge is -2.32. The van der Waals surface area contributed by atoms with E-state index in [0.717, 1.165) is 19.3 Å². The molecule has 0 aromatic heterocycles. The Morgan fingerprint density at radius 2 is 1.74 bits per heavy atom. The second-order valence-corrected chi connectivity index (χ2v) is 10.4. The molecule has 0 bridgehead atoms. The van der Waals surface area contributed by atoms with Gasteiger partial charge >= 0.3 is 5.97 Å². The monoisotopic (exact) mass is 479 g/mol. The van der Waals surface area contributed by atoms with E-state index in [2.05, 4.69) is 19.8 Å². The van der Waals surface area contributed by atoms with Crippen LogP contribution >= 0.6 is 0 Å². The fraction of sp³-hybridized carbons (Fsp3) is 0.857. The second kappa shape index (κ2) is 15.4. The van der Waals surface area contributed by atoms with Gasteiger partial charge in [0.15, 0.2) is 0 Å². The van der Waals surface area contributed by atoms with Crippen LogP contribution in [0.25, 0.3) is 0 Å². The molecule has 1 aliphatic rings. The molecule has 1 rings (SSSR count). The van der Waals surface area contributed by atoms with Crippen LogP contribution in [0.5, 0.6) is 0 Å². The van der Waals surface area contributed by atoms with Gasteiger partial charge in [-0.05, 0) is 30.6 Å². The first-order valence-corrected chi connectivity index (χ1v) is 13.2. The number of amides is 1. The van der Waals surface area contributed by atoms with Crippen molar-refractivity contribution < 1.29 is 23.8 Å². The molecule has 0 aliphatic heterocycles. The Hall–Kier alpha value is -1.58. The molecule has 1 amide bonds. The molecule has 0 N–H and O–H groups in total. The number of esters is 1. The van der Waals surface area contributed by atoms with Crippen molar-refractivity contribution >= 4 is 11.9 Å². The van der Waals surface area contributed by atoms with Gasteiger partial charge in [0.25, 0.3) is 0 Å². The summed E-state index contributed by atoms with van der Waals surface area (Å²) >= 11 is 0. The van der Waals surface area contributed by atoms with Gasteiger partial charge in [-0.25, -0.2) is 0 Å². The Labute approximate surface area is 208 Å². The molecule has 0 radical (unpaired) electrons. The smallest absolute Gasteiger partial charge is 0.308 e. The summed E-state index contributed by atoms with van der Waals surface area (Å²) in [5.41, 5.74) is 0. The summed E-state index contributed by atoms with van der Waals surface area (Å²) in [5.74, 6) is 4.25. The van der Waals surface area contributed by atoms with Crippen LogP contribution in [-0.4, -0.2) is 62.4 Å². The van der Waals surface area contributed by atoms with E-state index in [0.29, 0.717) is 56.4 Å². The Bertz CT molecular complexity index is 656. The van der Waals surface area contributed by atoms with E-state index in [1.807, 2.05) is 39.5 Å². The maximum Gasteiger partial charge on any atom is 0.308 e. The molecule has 0 saturated heterocycles. The fourth-order valence-electron chi connectivity index (χ4n) is 4.80. The lowest BCUT2D eigenvalue weighted by atomic mass is 9.98. The van der Waals surface area contributed by atoms with E-state index in [-0.39, 0.29) is 35.9 Å². The van der Waals surface area contributed by atoms with Crippen LogP contribution < -0.4 is 0 Å². The maximum absolute atomic E-state index is 12.8. The topological polar surface area (TPSA) is 65.1 Å². The zero-order valence-electron chi connectivity index (χ0n) is 22.8. The van der Waals surface area contributed by atoms with E-state index >= 15 is 0 Å². The maximum atomic E-state index is 12.8. The van der Waals surface area contributed by atoms with Gasteiger partial charge in [-0.15, -0.1) is 12.3 Å². The van der Waals surface area contributed by atoms with E-state index < -0.39 is 0 Å². The first-order chi connectivity index (χ1) is 16.1. The van der Waals surface area contributed by atoms with Crippen LogP contribution in [-0.2, 0) is 23.8 Å². The standard InChI is InChI=1S/C28H49NO5/c1-10-13-15-29(27(30)19(4)5)16-25(21(8)32-9)33-17-22(12-3)26-23(14-11-2)24(26)18-34-28(31)20(6)7/h1,19-26H,11-18H2,2-9H3. The van der Waals surface area contributed by atoms with Crippen molar-refractivity contribution in [2.24, 2.45) is 35.5 Å². The molecule has 6 atom stereocenters. The molecule has 196 valence electrons. The molecule has 1 aliphatic carbocycles. The molecule has 6 heteroatoms. The van der Waals surface area contributed by atoms with Crippen LogP contribution in [0.15, 0.2) is 0 Å². The molecule has 0 spiro atoms. The fourth-order valence-corrected chi connectivity index (χ4v) is 4.80. The highest BCUT2D eigenvalue weighted by atomic mass is 16.5. The number of hydrogen-bond acceptors (Lipinski definition) is 5. The molecule has 34 heavy (non-hydrogen) atoms. The number of rotatable bonds is 17. The summed E-state index contributed by atoms with van der Waals surface area (Å²) < 4.78 is 17.6. The summed E-state index contributed by atoms with van der Waals surface area (Å²) in [5, 5.41) is 0. The van der Waals surface area contributed by atoms with Gasteiger partial charge in [0, 0.05) is 32.5 Å². The molecule has 0 heterocycles. The Kier molecular flexibility index (Phi) is 13.8. The molecule has 0 aromatic carbocycles. The van der Waals surface area contributed by atoms with Crippen molar-refractivity contribution in [3.63, 3.8) is 0 Å². The molecule has 1 saturated carbocycles. The first-order valence-electron chi connectivity index (χ1n) is 13.2. The predicted octanol–water partition coefficient (Wildman–Crippen LogP) is 4.80. The van der Waals surface area contributed by atoms with Crippen molar-refractivity contribution in [3.05, 3.63) is 0 Å². The number of ether oxygens (including phenoxy) is 3. The number of nitrogens with zero attached hydrogens (tertiary/aromatic N) is 1. The lowest BCUT2D eigenvalue weighted by molar-refractivity contribution is -0.148. The normalized spacial score (nSPS) is 22.2. The minimum Gasteiger partial charge on any atom is -0.465 e. The van der Waals surface area contributed by atoms with Crippen LogP contribution in [0.1, 0.15) is 74.1 Å². The SMILES string of the molecule is C#CCCN(CC(OCC(CC)C1C(CCC)C1COC(=O)C(C)C)C(C)OC)C(=O)C(C)C. The van der Waals surface area contributed by atoms with Crippen LogP contribution in [0.4, 0.5) is 0 Å². The number of terminal acetylenes is 1. The van der Waals surface area contributed by atoms with Gasteiger partial charge in [0.1, 0.15) is 6.10 Å². The van der Waals surface area contributed by atoms with E-state index in [9.17, 15) is 9.59 Å². The van der Waals surface area contributed by atoms with Crippen LogP contribution in [0.3, 0.4) is 0 Å². The third kappa shape index (κ3) is 9.23. The third-order valence-corrected chi connectivity index (χ3v) is 7.13. The highest BCUT2D eigenvalue weighted by molar-refractivity contribution is 5.78. The van der Waals surface area contributed by atoms with Gasteiger partial charge in [0.05, 0.1) is 25.2 Å². The van der Waals surface area contributed by atoms with Gasteiger partial charge < -0.3 is 19.1 Å². The number of methoxy groups -OCH3 is 1. The number of carbonyl (C=O) groups is 2. The lowest BCUT2D eigenvalue weighted by Crippen LogP contribution is -2.45. The first kappa shape index (κ1) is 30.5. The van der Waals surface area contributed by atoms with Crippen molar-refractivity contribution in [1.29, 1.82) is 0 Å². The summed E-state index contributed by atoms with van der Waals surface area (Å²) in [4.78, 5) is 26.6. The zero-order valence-corrected chi connectivity index (χ0v) is 22.8. The zero-order chi connectivity index (χ0) is 25.8. The summed E-state index contributed by atoms with van der Waals surface area (Å²) in [6.07, 6.45) is 8.85. The van der Waals surface area contributed by atoms with Gasteiger partial charge in [-0.1, -0.05) is 60.8 Å². The molecular formula is C28H49NO5. The molecular weight excluding hydrogens is 430 g/mol. The molecule has 6 unspecified atom stereocenters. The Morgan fingerprint density at radius 1 is 1.06 bits per heavy atom. The van der Waals surface area contributed by atoms with Gasteiger partial charge in [0.2, 0.25) is 5.91 Å². The minimum atomic E-state index is -0.236. The van der Waals surface area contributed by atoms with E-state index in [1.54, 1.807) is 7.11 Å². The highest BCUT2D eigenvalue weighted by Crippen LogP contribution is 2.54. The van der Waals surface area contributed by atoms with Crippen molar-refractivity contribution in [2.45, 2.75) is 86.4 Å². The van der Waals surface area contributed by atoms with Crippen LogP contribution in [0, 0.1) is 47.9 Å². The average molecular weight is 480 g/mol. The largest absolute Gasteiger partial charge is 0.465 e. The molecule has 0 aromatic rings. The van der Waals surface area contributed by atoms with Crippen LogP contribution in [0.2, 0.25) is 0 Å².